The second-order valence-electron chi connectivity index (χ2n) is 5.51. The minimum Gasteiger partial charge on any atom is -0.453 e. The molecular formula is C19H15BrO3. The van der Waals surface area contributed by atoms with E-state index in [0.717, 1.165) is 15.4 Å². The zero-order chi connectivity index (χ0) is 16.4. The molecule has 0 saturated heterocycles. The predicted octanol–water partition coefficient (Wildman–Crippen LogP) is 5.35. The number of Topliss-reactive ketones (excluding diaryl/α,β-unsaturated/α-hetero) is 2. The summed E-state index contributed by atoms with van der Waals surface area (Å²) >= 11 is 3.39. The summed E-state index contributed by atoms with van der Waals surface area (Å²) in [7, 11) is 0. The maximum Gasteiger partial charge on any atom is 0.198 e. The number of carbonyl (C=O) groups is 2. The van der Waals surface area contributed by atoms with E-state index in [9.17, 15) is 9.59 Å². The third-order valence-corrected chi connectivity index (χ3v) is 4.20. The van der Waals surface area contributed by atoms with Crippen LogP contribution in [0.25, 0.3) is 11.0 Å². The van der Waals surface area contributed by atoms with Crippen LogP contribution in [0.2, 0.25) is 0 Å². The van der Waals surface area contributed by atoms with Crippen molar-refractivity contribution < 1.29 is 14.0 Å². The van der Waals surface area contributed by atoms with Gasteiger partial charge in [0.2, 0.25) is 0 Å². The molecule has 23 heavy (non-hydrogen) atoms. The maximum absolute atomic E-state index is 12.2. The van der Waals surface area contributed by atoms with Gasteiger partial charge in [0, 0.05) is 28.3 Å². The van der Waals surface area contributed by atoms with E-state index in [0.29, 0.717) is 16.9 Å². The Morgan fingerprint density at radius 3 is 2.39 bits per heavy atom. The molecule has 3 rings (SSSR count). The Morgan fingerprint density at radius 1 is 0.957 bits per heavy atom. The Morgan fingerprint density at radius 2 is 1.65 bits per heavy atom. The minimum atomic E-state index is -0.155. The lowest BCUT2D eigenvalue weighted by Gasteiger charge is -2.00. The zero-order valence-corrected chi connectivity index (χ0v) is 14.2. The fourth-order valence-corrected chi connectivity index (χ4v) is 2.76. The SMILES string of the molecule is Cc1ccc(C(=O)CCC(=O)c2cc3cc(Br)ccc3o2)cc1. The van der Waals surface area contributed by atoms with Crippen LogP contribution in [0.15, 0.2) is 57.4 Å². The second kappa shape index (κ2) is 6.50. The van der Waals surface area contributed by atoms with Gasteiger partial charge in [-0.15, -0.1) is 0 Å². The highest BCUT2D eigenvalue weighted by Crippen LogP contribution is 2.24. The summed E-state index contributed by atoms with van der Waals surface area (Å²) in [6.45, 7) is 1.97. The van der Waals surface area contributed by atoms with Crippen molar-refractivity contribution in [2.75, 3.05) is 0 Å². The van der Waals surface area contributed by atoms with Gasteiger partial charge in [0.25, 0.3) is 0 Å². The molecule has 0 N–H and O–H groups in total. The Labute approximate surface area is 142 Å². The molecule has 0 aliphatic heterocycles. The quantitative estimate of drug-likeness (QED) is 0.568. The molecule has 0 radical (unpaired) electrons. The van der Waals surface area contributed by atoms with Crippen LogP contribution in [-0.4, -0.2) is 11.6 Å². The normalized spacial score (nSPS) is 10.9. The summed E-state index contributed by atoms with van der Waals surface area (Å²) in [5.41, 5.74) is 2.41. The number of hydrogen-bond acceptors (Lipinski definition) is 3. The average molecular weight is 371 g/mol. The van der Waals surface area contributed by atoms with E-state index in [-0.39, 0.29) is 24.4 Å². The molecular weight excluding hydrogens is 356 g/mol. The van der Waals surface area contributed by atoms with Gasteiger partial charge in [0.1, 0.15) is 5.58 Å². The molecule has 0 saturated carbocycles. The summed E-state index contributed by atoms with van der Waals surface area (Å²) in [5.74, 6) is 0.116. The van der Waals surface area contributed by atoms with Crippen molar-refractivity contribution in [2.45, 2.75) is 19.8 Å². The molecule has 0 unspecified atom stereocenters. The number of furan rings is 1. The number of rotatable bonds is 5. The van der Waals surface area contributed by atoms with E-state index < -0.39 is 0 Å². The predicted molar refractivity (Wildman–Crippen MR) is 93.0 cm³/mol. The molecule has 0 spiro atoms. The first-order valence-corrected chi connectivity index (χ1v) is 8.14. The highest BCUT2D eigenvalue weighted by Gasteiger charge is 2.15. The van der Waals surface area contributed by atoms with E-state index in [4.69, 9.17) is 4.42 Å². The molecule has 0 bridgehead atoms. The van der Waals surface area contributed by atoms with Gasteiger partial charge in [0.15, 0.2) is 17.3 Å². The third kappa shape index (κ3) is 3.59. The Bertz CT molecular complexity index is 875. The van der Waals surface area contributed by atoms with Crippen molar-refractivity contribution in [3.63, 3.8) is 0 Å². The van der Waals surface area contributed by atoms with Crippen LogP contribution in [0.4, 0.5) is 0 Å². The Balaban J connectivity index is 1.68. The van der Waals surface area contributed by atoms with Crippen LogP contribution < -0.4 is 0 Å². The van der Waals surface area contributed by atoms with Crippen LogP contribution >= 0.6 is 15.9 Å². The molecule has 3 aromatic rings. The first kappa shape index (κ1) is 15.7. The monoisotopic (exact) mass is 370 g/mol. The van der Waals surface area contributed by atoms with E-state index in [1.54, 1.807) is 18.2 Å². The first-order chi connectivity index (χ1) is 11.0. The summed E-state index contributed by atoms with van der Waals surface area (Å²) in [4.78, 5) is 24.4. The number of fused-ring (bicyclic) bond motifs is 1. The Hall–Kier alpha value is -2.20. The lowest BCUT2D eigenvalue weighted by molar-refractivity contribution is 0.0903. The molecule has 2 aromatic carbocycles. The van der Waals surface area contributed by atoms with Crippen LogP contribution in [0.3, 0.4) is 0 Å². The van der Waals surface area contributed by atoms with E-state index in [2.05, 4.69) is 15.9 Å². The minimum absolute atomic E-state index is 0.0304. The van der Waals surface area contributed by atoms with Crippen LogP contribution in [0.5, 0.6) is 0 Å². The standard InChI is InChI=1S/C19H15BrO3/c1-12-2-4-13(5-3-12)16(21)7-8-17(22)19-11-14-10-15(20)6-9-18(14)23-19/h2-6,9-11H,7-8H2,1H3. The van der Waals surface area contributed by atoms with Crippen molar-refractivity contribution in [1.29, 1.82) is 0 Å². The molecule has 0 aliphatic rings. The summed E-state index contributed by atoms with van der Waals surface area (Å²) in [6.07, 6.45) is 0.330. The van der Waals surface area contributed by atoms with Gasteiger partial charge in [0.05, 0.1) is 0 Å². The summed E-state index contributed by atoms with van der Waals surface area (Å²) in [6, 6.07) is 14.7. The van der Waals surface area contributed by atoms with Gasteiger partial charge < -0.3 is 4.42 Å². The van der Waals surface area contributed by atoms with Gasteiger partial charge in [-0.1, -0.05) is 45.8 Å². The van der Waals surface area contributed by atoms with Crippen LogP contribution in [0.1, 0.15) is 39.3 Å². The van der Waals surface area contributed by atoms with Gasteiger partial charge in [-0.3, -0.25) is 9.59 Å². The van der Waals surface area contributed by atoms with Gasteiger partial charge in [-0.2, -0.15) is 0 Å². The molecule has 0 aliphatic carbocycles. The van der Waals surface area contributed by atoms with E-state index >= 15 is 0 Å². The first-order valence-electron chi connectivity index (χ1n) is 7.35. The molecule has 3 nitrogen and oxygen atoms in total. The second-order valence-corrected chi connectivity index (χ2v) is 6.42. The number of halogens is 1. The average Bonchev–Trinajstić information content (AvgIpc) is 2.96. The molecule has 1 heterocycles. The van der Waals surface area contributed by atoms with Crippen molar-refractivity contribution in [3.8, 4) is 0 Å². The van der Waals surface area contributed by atoms with E-state index in [1.165, 1.54) is 0 Å². The number of benzene rings is 2. The lowest BCUT2D eigenvalue weighted by atomic mass is 10.0. The van der Waals surface area contributed by atoms with Gasteiger partial charge >= 0.3 is 0 Å². The number of carbonyl (C=O) groups excluding carboxylic acids is 2. The van der Waals surface area contributed by atoms with E-state index in [1.807, 2.05) is 37.3 Å². The van der Waals surface area contributed by atoms with Gasteiger partial charge in [-0.05, 0) is 31.2 Å². The van der Waals surface area contributed by atoms with Crippen molar-refractivity contribution in [3.05, 3.63) is 69.9 Å². The smallest absolute Gasteiger partial charge is 0.198 e. The van der Waals surface area contributed by atoms with Crippen molar-refractivity contribution in [1.82, 2.24) is 0 Å². The Kier molecular flexibility index (Phi) is 4.44. The van der Waals surface area contributed by atoms with Crippen molar-refractivity contribution in [2.24, 2.45) is 0 Å². The summed E-state index contributed by atoms with van der Waals surface area (Å²) in [5, 5.41) is 0.868. The number of hydrogen-bond donors (Lipinski definition) is 0. The largest absolute Gasteiger partial charge is 0.453 e. The fourth-order valence-electron chi connectivity index (χ4n) is 2.39. The number of ketones is 2. The van der Waals surface area contributed by atoms with Gasteiger partial charge in [-0.25, -0.2) is 0 Å². The van der Waals surface area contributed by atoms with Crippen molar-refractivity contribution >= 4 is 38.5 Å². The molecule has 1 aromatic heterocycles. The molecule has 0 fully saturated rings. The lowest BCUT2D eigenvalue weighted by Crippen LogP contribution is -2.04. The topological polar surface area (TPSA) is 47.3 Å². The molecule has 116 valence electrons. The third-order valence-electron chi connectivity index (χ3n) is 3.71. The number of aryl methyl sites for hydroxylation is 1. The molecule has 0 atom stereocenters. The van der Waals surface area contributed by atoms with Crippen LogP contribution in [-0.2, 0) is 0 Å². The van der Waals surface area contributed by atoms with Crippen LogP contribution in [0, 0.1) is 6.92 Å². The fraction of sp³-hybridized carbons (Fsp3) is 0.158. The maximum atomic E-state index is 12.2. The molecule has 0 amide bonds. The highest BCUT2D eigenvalue weighted by atomic mass is 79.9. The molecule has 4 heteroatoms. The zero-order valence-electron chi connectivity index (χ0n) is 12.6. The summed E-state index contributed by atoms with van der Waals surface area (Å²) < 4.78 is 6.49. The highest BCUT2D eigenvalue weighted by molar-refractivity contribution is 9.10.